The number of aromatic nitrogens is 2. The molecule has 2 N–H and O–H groups in total. The van der Waals surface area contributed by atoms with E-state index in [0.29, 0.717) is 12.5 Å². The van der Waals surface area contributed by atoms with Gasteiger partial charge in [0.2, 0.25) is 0 Å². The zero-order valence-corrected chi connectivity index (χ0v) is 12.2. The SMILES string of the molecule is CNc1cc(NC(C)(C)COC)nc(C(C)C)n1. The summed E-state index contributed by atoms with van der Waals surface area (Å²) in [6.07, 6.45) is 0. The minimum atomic E-state index is -0.164. The van der Waals surface area contributed by atoms with E-state index in [9.17, 15) is 0 Å². The van der Waals surface area contributed by atoms with Gasteiger partial charge >= 0.3 is 0 Å². The van der Waals surface area contributed by atoms with Crippen LogP contribution in [0.4, 0.5) is 11.6 Å². The van der Waals surface area contributed by atoms with Crippen molar-refractivity contribution in [1.82, 2.24) is 9.97 Å². The molecule has 0 saturated heterocycles. The molecule has 0 atom stereocenters. The van der Waals surface area contributed by atoms with Crippen LogP contribution < -0.4 is 10.6 Å². The van der Waals surface area contributed by atoms with Crippen LogP contribution in [0.5, 0.6) is 0 Å². The molecule has 0 unspecified atom stereocenters. The Balaban J connectivity index is 2.97. The van der Waals surface area contributed by atoms with Crippen LogP contribution in [-0.4, -0.2) is 36.3 Å². The summed E-state index contributed by atoms with van der Waals surface area (Å²) in [5.74, 6) is 2.77. The van der Waals surface area contributed by atoms with E-state index in [0.717, 1.165) is 17.5 Å². The largest absolute Gasteiger partial charge is 0.382 e. The Morgan fingerprint density at radius 2 is 1.89 bits per heavy atom. The van der Waals surface area contributed by atoms with E-state index < -0.39 is 0 Å². The fourth-order valence-electron chi connectivity index (χ4n) is 1.66. The first kappa shape index (κ1) is 14.7. The van der Waals surface area contributed by atoms with Crippen LogP contribution in [0.25, 0.3) is 0 Å². The van der Waals surface area contributed by atoms with Crippen LogP contribution >= 0.6 is 0 Å². The fourth-order valence-corrected chi connectivity index (χ4v) is 1.66. The van der Waals surface area contributed by atoms with Gasteiger partial charge in [-0.3, -0.25) is 0 Å². The second kappa shape index (κ2) is 6.00. The van der Waals surface area contributed by atoms with Gasteiger partial charge in [-0.05, 0) is 13.8 Å². The molecule has 1 aromatic heterocycles. The highest BCUT2D eigenvalue weighted by molar-refractivity contribution is 5.48. The van der Waals surface area contributed by atoms with Gasteiger partial charge in [0, 0.05) is 26.1 Å². The molecule has 1 rings (SSSR count). The fraction of sp³-hybridized carbons (Fsp3) is 0.692. The predicted octanol–water partition coefficient (Wildman–Crippen LogP) is 2.48. The summed E-state index contributed by atoms with van der Waals surface area (Å²) in [5.41, 5.74) is -0.164. The standard InChI is InChI=1S/C13H24N4O/c1-9(2)12-15-10(14-5)7-11(16-12)17-13(3,4)8-18-6/h7,9H,8H2,1-6H3,(H2,14,15,16,17). The molecule has 0 aliphatic heterocycles. The molecule has 0 radical (unpaired) electrons. The number of hydrogen-bond donors (Lipinski definition) is 2. The van der Waals surface area contributed by atoms with Crippen molar-refractivity contribution < 1.29 is 4.74 Å². The van der Waals surface area contributed by atoms with Crippen molar-refractivity contribution in [2.45, 2.75) is 39.2 Å². The molecular weight excluding hydrogens is 228 g/mol. The van der Waals surface area contributed by atoms with Crippen molar-refractivity contribution >= 4 is 11.6 Å². The van der Waals surface area contributed by atoms with E-state index in [4.69, 9.17) is 4.74 Å². The number of hydrogen-bond acceptors (Lipinski definition) is 5. The normalized spacial score (nSPS) is 11.7. The first-order valence-electron chi connectivity index (χ1n) is 6.22. The van der Waals surface area contributed by atoms with Crippen molar-refractivity contribution in [2.24, 2.45) is 0 Å². The third-order valence-corrected chi connectivity index (χ3v) is 2.49. The highest BCUT2D eigenvalue weighted by Crippen LogP contribution is 2.19. The smallest absolute Gasteiger partial charge is 0.135 e. The summed E-state index contributed by atoms with van der Waals surface area (Å²) in [7, 11) is 3.55. The summed E-state index contributed by atoms with van der Waals surface area (Å²) in [6.45, 7) is 8.93. The minimum absolute atomic E-state index is 0.164. The molecule has 5 heteroatoms. The zero-order valence-electron chi connectivity index (χ0n) is 12.2. The highest BCUT2D eigenvalue weighted by Gasteiger charge is 2.18. The van der Waals surface area contributed by atoms with Crippen molar-refractivity contribution in [3.63, 3.8) is 0 Å². The van der Waals surface area contributed by atoms with Crippen LogP contribution in [-0.2, 0) is 4.74 Å². The molecule has 0 aliphatic rings. The number of ether oxygens (including phenoxy) is 1. The summed E-state index contributed by atoms with van der Waals surface area (Å²) >= 11 is 0. The van der Waals surface area contributed by atoms with E-state index in [1.54, 1.807) is 7.11 Å². The topological polar surface area (TPSA) is 59.1 Å². The number of nitrogens with one attached hydrogen (secondary N) is 2. The van der Waals surface area contributed by atoms with Gasteiger partial charge in [-0.25, -0.2) is 9.97 Å². The molecule has 0 aliphatic carbocycles. The van der Waals surface area contributed by atoms with Gasteiger partial charge in [-0.15, -0.1) is 0 Å². The average molecular weight is 252 g/mol. The summed E-state index contributed by atoms with van der Waals surface area (Å²) in [5, 5.41) is 6.43. The Bertz CT molecular complexity index is 391. The van der Waals surface area contributed by atoms with E-state index in [2.05, 4.69) is 48.3 Å². The van der Waals surface area contributed by atoms with Gasteiger partial charge in [-0.1, -0.05) is 13.8 Å². The van der Waals surface area contributed by atoms with Gasteiger partial charge in [0.15, 0.2) is 0 Å². The molecule has 1 heterocycles. The first-order valence-corrected chi connectivity index (χ1v) is 6.22. The lowest BCUT2D eigenvalue weighted by molar-refractivity contribution is 0.158. The molecule has 0 aromatic carbocycles. The van der Waals surface area contributed by atoms with Crippen LogP contribution in [0.15, 0.2) is 6.07 Å². The monoisotopic (exact) mass is 252 g/mol. The van der Waals surface area contributed by atoms with E-state index >= 15 is 0 Å². The van der Waals surface area contributed by atoms with E-state index in [1.807, 2.05) is 13.1 Å². The second-order valence-corrected chi connectivity index (χ2v) is 5.34. The predicted molar refractivity (Wildman–Crippen MR) is 75.2 cm³/mol. The van der Waals surface area contributed by atoms with Crippen molar-refractivity contribution in [2.75, 3.05) is 31.4 Å². The lowest BCUT2D eigenvalue weighted by Gasteiger charge is -2.26. The Morgan fingerprint density at radius 1 is 1.28 bits per heavy atom. The van der Waals surface area contributed by atoms with E-state index in [1.165, 1.54) is 0 Å². The summed E-state index contributed by atoms with van der Waals surface area (Å²) < 4.78 is 5.19. The third-order valence-electron chi connectivity index (χ3n) is 2.49. The Morgan fingerprint density at radius 3 is 2.39 bits per heavy atom. The van der Waals surface area contributed by atoms with Gasteiger partial charge in [-0.2, -0.15) is 0 Å². The molecule has 0 amide bonds. The lowest BCUT2D eigenvalue weighted by Crippen LogP contribution is -2.36. The highest BCUT2D eigenvalue weighted by atomic mass is 16.5. The molecule has 18 heavy (non-hydrogen) atoms. The molecule has 0 saturated carbocycles. The quantitative estimate of drug-likeness (QED) is 0.814. The van der Waals surface area contributed by atoms with Crippen LogP contribution in [0, 0.1) is 0 Å². The van der Waals surface area contributed by atoms with Gasteiger partial charge < -0.3 is 15.4 Å². The maximum absolute atomic E-state index is 5.19. The van der Waals surface area contributed by atoms with Crippen molar-refractivity contribution in [3.05, 3.63) is 11.9 Å². The van der Waals surface area contributed by atoms with Crippen molar-refractivity contribution in [1.29, 1.82) is 0 Å². The molecular formula is C13H24N4O. The van der Waals surface area contributed by atoms with Gasteiger partial charge in [0.25, 0.3) is 0 Å². The minimum Gasteiger partial charge on any atom is -0.382 e. The Kier molecular flexibility index (Phi) is 4.90. The molecule has 0 fully saturated rings. The van der Waals surface area contributed by atoms with Crippen LogP contribution in [0.3, 0.4) is 0 Å². The molecule has 0 bridgehead atoms. The molecule has 1 aromatic rings. The number of rotatable bonds is 6. The second-order valence-electron chi connectivity index (χ2n) is 5.34. The molecule has 102 valence electrons. The number of anilines is 2. The maximum Gasteiger partial charge on any atom is 0.135 e. The Labute approximate surface area is 109 Å². The summed E-state index contributed by atoms with van der Waals surface area (Å²) in [6, 6.07) is 1.91. The first-order chi connectivity index (χ1) is 8.38. The Hall–Kier alpha value is -1.36. The van der Waals surface area contributed by atoms with Crippen LogP contribution in [0.2, 0.25) is 0 Å². The molecule has 0 spiro atoms. The number of nitrogens with zero attached hydrogens (tertiary/aromatic N) is 2. The maximum atomic E-state index is 5.19. The number of methoxy groups -OCH3 is 1. The van der Waals surface area contributed by atoms with Crippen LogP contribution in [0.1, 0.15) is 39.4 Å². The zero-order chi connectivity index (χ0) is 13.8. The summed E-state index contributed by atoms with van der Waals surface area (Å²) in [4.78, 5) is 8.96. The van der Waals surface area contributed by atoms with Crippen molar-refractivity contribution in [3.8, 4) is 0 Å². The molecule has 5 nitrogen and oxygen atoms in total. The van der Waals surface area contributed by atoms with E-state index in [-0.39, 0.29) is 5.54 Å². The van der Waals surface area contributed by atoms with Gasteiger partial charge in [0.1, 0.15) is 17.5 Å². The average Bonchev–Trinajstić information content (AvgIpc) is 2.27. The third kappa shape index (κ3) is 4.14. The van der Waals surface area contributed by atoms with Gasteiger partial charge in [0.05, 0.1) is 12.1 Å². The lowest BCUT2D eigenvalue weighted by atomic mass is 10.1.